The van der Waals surface area contributed by atoms with E-state index in [0.29, 0.717) is 28.3 Å². The van der Waals surface area contributed by atoms with Gasteiger partial charge in [-0.1, -0.05) is 19.8 Å². The van der Waals surface area contributed by atoms with Crippen molar-refractivity contribution < 1.29 is 36.6 Å². The zero-order chi connectivity index (χ0) is 35.4. The molecule has 0 fully saturated rings. The predicted octanol–water partition coefficient (Wildman–Crippen LogP) is 6.43. The van der Waals surface area contributed by atoms with Gasteiger partial charge in [0, 0.05) is 24.4 Å². The minimum atomic E-state index is -4.82. The topological polar surface area (TPSA) is 91.6 Å². The Bertz CT molecular complexity index is 1730. The fourth-order valence-corrected chi connectivity index (χ4v) is 5.63. The van der Waals surface area contributed by atoms with Gasteiger partial charge >= 0.3 is 12.1 Å². The molecule has 2 atom stereocenters. The van der Waals surface area contributed by atoms with Crippen LogP contribution in [0.25, 0.3) is 11.1 Å². The van der Waals surface area contributed by atoms with E-state index in [0.717, 1.165) is 10.8 Å². The number of aryl methyl sites for hydroxylation is 2. The number of aliphatic carboxylic acids is 1. The normalized spacial score (nSPS) is 13.0. The molecule has 47 heavy (non-hydrogen) atoms. The Morgan fingerprint density at radius 3 is 2.19 bits per heavy atom. The first-order valence-electron chi connectivity index (χ1n) is 14.9. The smallest absolute Gasteiger partial charge is 0.416 e. The molecular formula is C35H38F5N3O4. The Morgan fingerprint density at radius 1 is 1.06 bits per heavy atom. The van der Waals surface area contributed by atoms with Crippen LogP contribution in [0.1, 0.15) is 72.2 Å². The summed E-state index contributed by atoms with van der Waals surface area (Å²) in [5, 5.41) is 12.3. The van der Waals surface area contributed by atoms with Gasteiger partial charge in [0.05, 0.1) is 23.6 Å². The summed E-state index contributed by atoms with van der Waals surface area (Å²) in [6, 6.07) is 2.85. The monoisotopic (exact) mass is 659 g/mol. The second-order valence-electron chi connectivity index (χ2n) is 12.3. The van der Waals surface area contributed by atoms with Crippen molar-refractivity contribution in [3.8, 4) is 23.5 Å². The molecule has 1 amide bonds. The van der Waals surface area contributed by atoms with E-state index in [1.807, 2.05) is 0 Å². The first-order chi connectivity index (χ1) is 21.8. The number of aromatic nitrogens is 1. The molecule has 2 unspecified atom stereocenters. The van der Waals surface area contributed by atoms with Crippen molar-refractivity contribution in [2.75, 3.05) is 20.6 Å². The second-order valence-corrected chi connectivity index (χ2v) is 12.3. The summed E-state index contributed by atoms with van der Waals surface area (Å²) in [7, 11) is 3.36. The third-order valence-corrected chi connectivity index (χ3v) is 7.74. The number of halogens is 5. The summed E-state index contributed by atoms with van der Waals surface area (Å²) < 4.78 is 72.5. The summed E-state index contributed by atoms with van der Waals surface area (Å²) in [6.07, 6.45) is 0.923. The van der Waals surface area contributed by atoms with Crippen molar-refractivity contribution in [1.29, 1.82) is 0 Å². The van der Waals surface area contributed by atoms with Crippen LogP contribution in [0, 0.1) is 43.7 Å². The number of pyridine rings is 1. The molecule has 252 valence electrons. The van der Waals surface area contributed by atoms with Gasteiger partial charge in [0.2, 0.25) is 5.91 Å². The molecule has 1 heterocycles. The summed E-state index contributed by atoms with van der Waals surface area (Å²) >= 11 is 0. The number of terminal acetylenes is 1. The van der Waals surface area contributed by atoms with Gasteiger partial charge in [-0.25, -0.2) is 8.78 Å². The Labute approximate surface area is 270 Å². The van der Waals surface area contributed by atoms with E-state index in [-0.39, 0.29) is 42.0 Å². The number of carbonyl (C=O) groups is 2. The van der Waals surface area contributed by atoms with Crippen LogP contribution in [0.3, 0.4) is 0 Å². The third kappa shape index (κ3) is 9.07. The molecule has 1 aromatic heterocycles. The Kier molecular flexibility index (Phi) is 11.7. The molecule has 0 aliphatic heterocycles. The summed E-state index contributed by atoms with van der Waals surface area (Å²) in [4.78, 5) is 40.7. The highest BCUT2D eigenvalue weighted by Crippen LogP contribution is 2.35. The number of hydrogen-bond acceptors (Lipinski definition) is 4. The average molecular weight is 660 g/mol. The van der Waals surface area contributed by atoms with Crippen LogP contribution >= 0.6 is 0 Å². The number of carboxylic acid groups (broad SMARTS) is 1. The van der Waals surface area contributed by atoms with Crippen LogP contribution in [0.2, 0.25) is 0 Å². The minimum absolute atomic E-state index is 0.00386. The van der Waals surface area contributed by atoms with Gasteiger partial charge < -0.3 is 19.9 Å². The molecule has 0 radical (unpaired) electrons. The number of carbonyl (C=O) groups excluding carboxylic acids is 1. The van der Waals surface area contributed by atoms with E-state index >= 15 is 4.39 Å². The zero-order valence-electron chi connectivity index (χ0n) is 27.1. The van der Waals surface area contributed by atoms with Crippen molar-refractivity contribution in [3.05, 3.63) is 91.9 Å². The van der Waals surface area contributed by atoms with Gasteiger partial charge in [0.15, 0.2) is 0 Å². The number of alkyl halides is 3. The van der Waals surface area contributed by atoms with Gasteiger partial charge in [-0.05, 0) is 98.8 Å². The lowest BCUT2D eigenvalue weighted by molar-refractivity contribution is -0.139. The number of likely N-dealkylation sites (N-methyl/N-ethyl adjacent to an activating group) is 1. The molecule has 0 bridgehead atoms. The fourth-order valence-electron chi connectivity index (χ4n) is 5.63. The van der Waals surface area contributed by atoms with Gasteiger partial charge in [0.1, 0.15) is 17.7 Å². The average Bonchev–Trinajstić information content (AvgIpc) is 2.94. The molecular weight excluding hydrogens is 621 g/mol. The number of rotatable bonds is 12. The molecule has 0 aliphatic rings. The fraction of sp³-hybridized carbons (Fsp3) is 0.400. The number of hydrogen-bond donors (Lipinski definition) is 2. The lowest BCUT2D eigenvalue weighted by Crippen LogP contribution is -2.41. The number of amides is 1. The van der Waals surface area contributed by atoms with Gasteiger partial charge in [-0.2, -0.15) is 13.2 Å². The molecule has 0 saturated heterocycles. The first kappa shape index (κ1) is 37.0. The summed E-state index contributed by atoms with van der Waals surface area (Å²) in [5.41, 5.74) is -0.974. The molecule has 3 rings (SSSR count). The molecule has 0 spiro atoms. The largest absolute Gasteiger partial charge is 0.481 e. The quantitative estimate of drug-likeness (QED) is 0.173. The van der Waals surface area contributed by atoms with Crippen molar-refractivity contribution >= 4 is 11.9 Å². The van der Waals surface area contributed by atoms with Gasteiger partial charge in [-0.3, -0.25) is 14.4 Å². The van der Waals surface area contributed by atoms with Crippen LogP contribution in [0.15, 0.2) is 41.3 Å². The van der Waals surface area contributed by atoms with Crippen molar-refractivity contribution in [1.82, 2.24) is 14.8 Å². The van der Waals surface area contributed by atoms with E-state index in [9.17, 15) is 37.1 Å². The standard InChI is InChI=1S/C35H38F5N3O4/c1-8-22-14-24(32-20(4)12-25(36)13-21(32)5)15-26(33(22)37)28(17-31(45)46)41-34(47)29(11-19(2)3)43-18-23(9-10-42(6)7)27(16-30(43)44)35(38,39)40/h1,12-16,18-19,28-29H,9-11,17H2,2-7H3,(H,41,47)(H,45,46). The molecule has 12 heteroatoms. The molecule has 2 aromatic carbocycles. The second kappa shape index (κ2) is 14.9. The lowest BCUT2D eigenvalue weighted by Gasteiger charge is -2.27. The molecule has 7 nitrogen and oxygen atoms in total. The maximum atomic E-state index is 15.8. The molecule has 3 aromatic rings. The maximum Gasteiger partial charge on any atom is 0.416 e. The third-order valence-electron chi connectivity index (χ3n) is 7.74. The zero-order valence-corrected chi connectivity index (χ0v) is 27.1. The van der Waals surface area contributed by atoms with Crippen LogP contribution in [-0.4, -0.2) is 47.1 Å². The lowest BCUT2D eigenvalue weighted by atomic mass is 9.90. The summed E-state index contributed by atoms with van der Waals surface area (Å²) in [6.45, 7) is 7.00. The van der Waals surface area contributed by atoms with E-state index in [4.69, 9.17) is 6.42 Å². The number of nitrogens with one attached hydrogen (secondary N) is 1. The highest BCUT2D eigenvalue weighted by molar-refractivity contribution is 5.82. The molecule has 2 N–H and O–H groups in total. The van der Waals surface area contributed by atoms with Crippen LogP contribution in [0.5, 0.6) is 0 Å². The van der Waals surface area contributed by atoms with E-state index < -0.39 is 59.3 Å². The number of nitrogens with zero attached hydrogens (tertiary/aromatic N) is 2. The Morgan fingerprint density at radius 2 is 1.68 bits per heavy atom. The number of carboxylic acids is 1. The number of benzene rings is 2. The minimum Gasteiger partial charge on any atom is -0.481 e. The van der Waals surface area contributed by atoms with Crippen molar-refractivity contribution in [2.45, 2.75) is 65.2 Å². The van der Waals surface area contributed by atoms with Crippen molar-refractivity contribution in [3.63, 3.8) is 0 Å². The van der Waals surface area contributed by atoms with Crippen molar-refractivity contribution in [2.24, 2.45) is 5.92 Å². The van der Waals surface area contributed by atoms with Crippen LogP contribution in [-0.2, 0) is 22.2 Å². The highest BCUT2D eigenvalue weighted by atomic mass is 19.4. The maximum absolute atomic E-state index is 15.8. The van der Waals surface area contributed by atoms with Gasteiger partial charge in [0.25, 0.3) is 5.56 Å². The first-order valence-corrected chi connectivity index (χ1v) is 14.9. The predicted molar refractivity (Wildman–Crippen MR) is 169 cm³/mol. The summed E-state index contributed by atoms with van der Waals surface area (Å²) in [5.74, 6) is -1.74. The van der Waals surface area contributed by atoms with E-state index in [1.165, 1.54) is 24.3 Å². The molecule has 0 saturated carbocycles. The van der Waals surface area contributed by atoms with Crippen LogP contribution < -0.4 is 10.9 Å². The SMILES string of the molecule is C#Cc1cc(-c2c(C)cc(F)cc2C)cc(C(CC(=O)O)NC(=O)C(CC(C)C)n2cc(CCN(C)C)c(C(F)(F)F)cc2=O)c1F. The Hall–Kier alpha value is -4.50. The molecule has 0 aliphatic carbocycles. The van der Waals surface area contributed by atoms with E-state index in [2.05, 4.69) is 11.2 Å². The van der Waals surface area contributed by atoms with Gasteiger partial charge in [-0.15, -0.1) is 6.42 Å². The Balaban J connectivity index is 2.18. The highest BCUT2D eigenvalue weighted by Gasteiger charge is 2.36. The van der Waals surface area contributed by atoms with Crippen LogP contribution in [0.4, 0.5) is 22.0 Å². The van der Waals surface area contributed by atoms with E-state index in [1.54, 1.807) is 46.7 Å².